The second-order valence-electron chi connectivity index (χ2n) is 6.71. The SMILES string of the molecule is CC(C)(C)C(=O)ON1CCC(Oc2cc(Br)cc(C=O)c2)CC1. The fourth-order valence-corrected chi connectivity index (χ4v) is 2.70. The lowest BCUT2D eigenvalue weighted by Crippen LogP contribution is -2.41. The molecular formula is C17H22BrNO4. The second-order valence-corrected chi connectivity index (χ2v) is 7.63. The topological polar surface area (TPSA) is 55.8 Å². The molecule has 1 aliphatic heterocycles. The van der Waals surface area contributed by atoms with Gasteiger partial charge in [0.05, 0.1) is 5.41 Å². The van der Waals surface area contributed by atoms with E-state index in [1.165, 1.54) is 0 Å². The Bertz CT molecular complexity index is 574. The van der Waals surface area contributed by atoms with Gasteiger partial charge in [-0.1, -0.05) is 15.9 Å². The summed E-state index contributed by atoms with van der Waals surface area (Å²) in [5.41, 5.74) is 0.0699. The molecule has 1 aromatic carbocycles. The van der Waals surface area contributed by atoms with Crippen molar-refractivity contribution >= 4 is 28.2 Å². The maximum atomic E-state index is 11.9. The Hall–Kier alpha value is -1.40. The van der Waals surface area contributed by atoms with Crippen LogP contribution in [-0.4, -0.2) is 36.5 Å². The summed E-state index contributed by atoms with van der Waals surface area (Å²) >= 11 is 3.37. The quantitative estimate of drug-likeness (QED) is 0.743. The monoisotopic (exact) mass is 383 g/mol. The van der Waals surface area contributed by atoms with Gasteiger partial charge in [0.15, 0.2) is 0 Å². The number of rotatable bonds is 4. The number of carbonyl (C=O) groups is 2. The number of ether oxygens (including phenoxy) is 1. The van der Waals surface area contributed by atoms with Crippen molar-refractivity contribution in [2.24, 2.45) is 5.41 Å². The molecule has 1 heterocycles. The molecule has 5 nitrogen and oxygen atoms in total. The van der Waals surface area contributed by atoms with Gasteiger partial charge in [0.2, 0.25) is 0 Å². The Kier molecular flexibility index (Phi) is 5.81. The van der Waals surface area contributed by atoms with Gasteiger partial charge in [0, 0.05) is 36.0 Å². The number of piperidine rings is 1. The molecule has 0 bridgehead atoms. The number of hydrogen-bond acceptors (Lipinski definition) is 5. The number of halogens is 1. The normalized spacial score (nSPS) is 16.9. The molecule has 2 rings (SSSR count). The Morgan fingerprint density at radius 3 is 2.48 bits per heavy atom. The van der Waals surface area contributed by atoms with E-state index in [0.29, 0.717) is 24.4 Å². The number of hydroxylamine groups is 2. The number of nitrogens with zero attached hydrogens (tertiary/aromatic N) is 1. The van der Waals surface area contributed by atoms with Gasteiger partial charge in [-0.2, -0.15) is 0 Å². The summed E-state index contributed by atoms with van der Waals surface area (Å²) in [5.74, 6) is 0.450. The van der Waals surface area contributed by atoms with E-state index < -0.39 is 5.41 Å². The fourth-order valence-electron chi connectivity index (χ4n) is 2.21. The molecule has 0 atom stereocenters. The minimum atomic E-state index is -0.505. The van der Waals surface area contributed by atoms with Crippen LogP contribution in [0.15, 0.2) is 22.7 Å². The molecule has 0 N–H and O–H groups in total. The lowest BCUT2D eigenvalue weighted by Gasteiger charge is -2.32. The summed E-state index contributed by atoms with van der Waals surface area (Å²) in [6.45, 7) is 6.79. The van der Waals surface area contributed by atoms with Crippen molar-refractivity contribution in [3.8, 4) is 5.75 Å². The van der Waals surface area contributed by atoms with Gasteiger partial charge < -0.3 is 9.57 Å². The first-order valence-electron chi connectivity index (χ1n) is 7.68. The van der Waals surface area contributed by atoms with Crippen molar-refractivity contribution in [2.75, 3.05) is 13.1 Å². The predicted octanol–water partition coefficient (Wildman–Crippen LogP) is 3.61. The molecule has 1 aromatic rings. The maximum absolute atomic E-state index is 11.9. The summed E-state index contributed by atoms with van der Waals surface area (Å²) in [5, 5.41) is 1.70. The Balaban J connectivity index is 1.86. The molecule has 0 amide bonds. The second kappa shape index (κ2) is 7.45. The van der Waals surface area contributed by atoms with Gasteiger partial charge in [-0.25, -0.2) is 4.79 Å². The standard InChI is InChI=1S/C17H22BrNO4/c1-17(2,3)16(21)23-19-6-4-14(5-7-19)22-15-9-12(11-20)8-13(18)10-15/h8-11,14H,4-7H2,1-3H3. The van der Waals surface area contributed by atoms with E-state index in [1.807, 2.05) is 26.8 Å². The van der Waals surface area contributed by atoms with Gasteiger partial charge in [0.1, 0.15) is 18.1 Å². The first kappa shape index (κ1) is 17.9. The average molecular weight is 384 g/mol. The highest BCUT2D eigenvalue weighted by molar-refractivity contribution is 9.10. The molecule has 6 heteroatoms. The highest BCUT2D eigenvalue weighted by Crippen LogP contribution is 2.25. The van der Waals surface area contributed by atoms with Crippen LogP contribution in [0.5, 0.6) is 5.75 Å². The van der Waals surface area contributed by atoms with Crippen LogP contribution in [0.1, 0.15) is 44.0 Å². The van der Waals surface area contributed by atoms with E-state index in [9.17, 15) is 9.59 Å². The first-order chi connectivity index (χ1) is 10.8. The molecule has 1 fully saturated rings. The highest BCUT2D eigenvalue weighted by Gasteiger charge is 2.28. The van der Waals surface area contributed by atoms with Crippen molar-refractivity contribution in [1.82, 2.24) is 5.06 Å². The molecule has 1 saturated heterocycles. The summed E-state index contributed by atoms with van der Waals surface area (Å²) < 4.78 is 6.76. The van der Waals surface area contributed by atoms with Gasteiger partial charge in [-0.15, -0.1) is 5.06 Å². The number of benzene rings is 1. The number of carbonyl (C=O) groups excluding carboxylic acids is 2. The van der Waals surface area contributed by atoms with Crippen LogP contribution in [0.2, 0.25) is 0 Å². The molecule has 126 valence electrons. The molecule has 0 radical (unpaired) electrons. The molecule has 0 unspecified atom stereocenters. The highest BCUT2D eigenvalue weighted by atomic mass is 79.9. The minimum absolute atomic E-state index is 0.0494. The fraction of sp³-hybridized carbons (Fsp3) is 0.529. The molecule has 23 heavy (non-hydrogen) atoms. The Labute approximate surface area is 145 Å². The van der Waals surface area contributed by atoms with E-state index >= 15 is 0 Å². The van der Waals surface area contributed by atoms with Crippen molar-refractivity contribution < 1.29 is 19.2 Å². The van der Waals surface area contributed by atoms with E-state index in [-0.39, 0.29) is 12.1 Å². The summed E-state index contributed by atoms with van der Waals surface area (Å²) in [4.78, 5) is 28.2. The molecule has 0 spiro atoms. The van der Waals surface area contributed by atoms with Crippen LogP contribution in [0.3, 0.4) is 0 Å². The van der Waals surface area contributed by atoms with Crippen molar-refractivity contribution in [3.05, 3.63) is 28.2 Å². The third-order valence-corrected chi connectivity index (χ3v) is 4.02. The van der Waals surface area contributed by atoms with Crippen LogP contribution in [0, 0.1) is 5.41 Å². The van der Waals surface area contributed by atoms with E-state index in [2.05, 4.69) is 15.9 Å². The van der Waals surface area contributed by atoms with Gasteiger partial charge in [-0.05, 0) is 39.0 Å². The summed E-state index contributed by atoms with van der Waals surface area (Å²) in [6.07, 6.45) is 2.38. The molecule has 0 saturated carbocycles. The van der Waals surface area contributed by atoms with Gasteiger partial charge >= 0.3 is 5.97 Å². The summed E-state index contributed by atoms with van der Waals surface area (Å²) in [6, 6.07) is 5.32. The van der Waals surface area contributed by atoms with Gasteiger partial charge in [-0.3, -0.25) is 4.79 Å². The average Bonchev–Trinajstić information content (AvgIpc) is 2.47. The van der Waals surface area contributed by atoms with E-state index in [0.717, 1.165) is 23.6 Å². The predicted molar refractivity (Wildman–Crippen MR) is 90.3 cm³/mol. The minimum Gasteiger partial charge on any atom is -0.490 e. The van der Waals surface area contributed by atoms with Crippen molar-refractivity contribution in [1.29, 1.82) is 0 Å². The summed E-state index contributed by atoms with van der Waals surface area (Å²) in [7, 11) is 0. The van der Waals surface area contributed by atoms with Crippen LogP contribution >= 0.6 is 15.9 Å². The zero-order chi connectivity index (χ0) is 17.0. The molecular weight excluding hydrogens is 362 g/mol. The van der Waals surface area contributed by atoms with Crippen LogP contribution in [0.4, 0.5) is 0 Å². The smallest absolute Gasteiger partial charge is 0.330 e. The zero-order valence-corrected chi connectivity index (χ0v) is 15.3. The van der Waals surface area contributed by atoms with E-state index in [4.69, 9.17) is 9.57 Å². The first-order valence-corrected chi connectivity index (χ1v) is 8.47. The van der Waals surface area contributed by atoms with Crippen LogP contribution in [0.25, 0.3) is 0 Å². The van der Waals surface area contributed by atoms with Crippen LogP contribution < -0.4 is 4.74 Å². The Morgan fingerprint density at radius 1 is 1.26 bits per heavy atom. The largest absolute Gasteiger partial charge is 0.490 e. The van der Waals surface area contributed by atoms with Crippen molar-refractivity contribution in [3.63, 3.8) is 0 Å². The zero-order valence-electron chi connectivity index (χ0n) is 13.7. The molecule has 1 aliphatic rings. The van der Waals surface area contributed by atoms with E-state index in [1.54, 1.807) is 17.2 Å². The van der Waals surface area contributed by atoms with Crippen molar-refractivity contribution in [2.45, 2.75) is 39.7 Å². The lowest BCUT2D eigenvalue weighted by atomic mass is 9.98. The maximum Gasteiger partial charge on any atom is 0.330 e. The van der Waals surface area contributed by atoms with Gasteiger partial charge in [0.25, 0.3) is 0 Å². The lowest BCUT2D eigenvalue weighted by molar-refractivity contribution is -0.207. The molecule has 0 aromatic heterocycles. The third-order valence-electron chi connectivity index (χ3n) is 3.56. The number of aldehydes is 1. The number of hydrogen-bond donors (Lipinski definition) is 0. The molecule has 0 aliphatic carbocycles. The third kappa shape index (κ3) is 5.32. The Morgan fingerprint density at radius 2 is 1.91 bits per heavy atom. The van der Waals surface area contributed by atoms with Crippen LogP contribution in [-0.2, 0) is 9.63 Å².